The van der Waals surface area contributed by atoms with Crippen LogP contribution in [0.25, 0.3) is 0 Å². The van der Waals surface area contributed by atoms with Gasteiger partial charge in [-0.05, 0) is 11.6 Å². The Balaban J connectivity index is 2.21. The first-order valence-corrected chi connectivity index (χ1v) is 7.10. The van der Waals surface area contributed by atoms with E-state index in [-0.39, 0.29) is 4.83 Å². The molecule has 2 aromatic carbocycles. The molecule has 104 valence electrons. The molecule has 0 N–H and O–H groups in total. The number of alkyl halides is 1. The minimum Gasteiger partial charge on any atom is -0.497 e. The van der Waals surface area contributed by atoms with E-state index in [1.54, 1.807) is 13.2 Å². The van der Waals surface area contributed by atoms with Crippen molar-refractivity contribution in [1.82, 2.24) is 0 Å². The van der Waals surface area contributed by atoms with Gasteiger partial charge in [0.25, 0.3) is 0 Å². The third kappa shape index (κ3) is 3.61. The van der Waals surface area contributed by atoms with Crippen molar-refractivity contribution in [3.63, 3.8) is 0 Å². The normalized spacial score (nSPS) is 11.7. The number of carbonyl (C=O) groups excluding carboxylic acids is 1. The molecule has 20 heavy (non-hydrogen) atoms. The highest BCUT2D eigenvalue weighted by atomic mass is 79.9. The van der Waals surface area contributed by atoms with E-state index in [1.165, 1.54) is 0 Å². The number of methoxy groups -OCH3 is 1. The summed E-state index contributed by atoms with van der Waals surface area (Å²) in [4.78, 5) is 10.6. The molecule has 0 amide bonds. The molecule has 4 heteroatoms. The fourth-order valence-electron chi connectivity index (χ4n) is 1.80. The van der Waals surface area contributed by atoms with Crippen LogP contribution in [0.3, 0.4) is 0 Å². The fraction of sp³-hybridized carbons (Fsp3) is 0.188. The van der Waals surface area contributed by atoms with Gasteiger partial charge in [0, 0.05) is 11.6 Å². The van der Waals surface area contributed by atoms with Crippen LogP contribution in [0.2, 0.25) is 0 Å². The summed E-state index contributed by atoms with van der Waals surface area (Å²) in [7, 11) is 1.60. The molecule has 0 bridgehead atoms. The maximum Gasteiger partial charge on any atom is 0.138 e. The molecule has 0 fully saturated rings. The number of hydrogen-bond donors (Lipinski definition) is 0. The highest BCUT2D eigenvalue weighted by Gasteiger charge is 2.13. The van der Waals surface area contributed by atoms with Crippen molar-refractivity contribution in [2.45, 2.75) is 11.4 Å². The quantitative estimate of drug-likeness (QED) is 0.593. The van der Waals surface area contributed by atoms with Crippen molar-refractivity contribution in [3.05, 3.63) is 59.7 Å². The molecular formula is C16H15BrO3. The first-order chi connectivity index (χ1) is 9.74. The van der Waals surface area contributed by atoms with Crippen LogP contribution >= 0.6 is 15.9 Å². The molecule has 1 atom stereocenters. The minimum absolute atomic E-state index is 0.390. The van der Waals surface area contributed by atoms with Gasteiger partial charge >= 0.3 is 0 Å². The maximum atomic E-state index is 11.0. The number of benzene rings is 2. The first kappa shape index (κ1) is 14.6. The number of aldehydes is 1. The summed E-state index contributed by atoms with van der Waals surface area (Å²) in [6.07, 6.45) is 0.831. The van der Waals surface area contributed by atoms with E-state index < -0.39 is 0 Å². The molecule has 0 aliphatic rings. The Morgan fingerprint density at radius 2 is 1.95 bits per heavy atom. The van der Waals surface area contributed by atoms with Gasteiger partial charge in [0.15, 0.2) is 0 Å². The van der Waals surface area contributed by atoms with Crippen LogP contribution in [0.1, 0.15) is 16.0 Å². The van der Waals surface area contributed by atoms with Crippen LogP contribution in [-0.2, 0) is 11.4 Å². The van der Waals surface area contributed by atoms with E-state index in [2.05, 4.69) is 15.9 Å². The van der Waals surface area contributed by atoms with Gasteiger partial charge in [0.1, 0.15) is 24.4 Å². The summed E-state index contributed by atoms with van der Waals surface area (Å²) < 4.78 is 11.0. The van der Waals surface area contributed by atoms with E-state index in [4.69, 9.17) is 9.47 Å². The van der Waals surface area contributed by atoms with Crippen molar-refractivity contribution < 1.29 is 14.3 Å². The fourth-order valence-corrected chi connectivity index (χ4v) is 2.18. The average Bonchev–Trinajstić information content (AvgIpc) is 2.52. The van der Waals surface area contributed by atoms with Crippen molar-refractivity contribution in [1.29, 1.82) is 0 Å². The molecule has 0 saturated heterocycles. The Bertz CT molecular complexity index is 569. The van der Waals surface area contributed by atoms with Crippen molar-refractivity contribution >= 4 is 22.2 Å². The second-order valence-electron chi connectivity index (χ2n) is 4.22. The van der Waals surface area contributed by atoms with Crippen LogP contribution in [-0.4, -0.2) is 13.4 Å². The van der Waals surface area contributed by atoms with Crippen LogP contribution in [0.15, 0.2) is 48.5 Å². The van der Waals surface area contributed by atoms with Gasteiger partial charge in [-0.15, -0.1) is 0 Å². The molecule has 2 rings (SSSR count). The molecule has 1 unspecified atom stereocenters. The summed E-state index contributed by atoms with van der Waals surface area (Å²) in [6, 6.07) is 15.3. The lowest BCUT2D eigenvalue weighted by Crippen LogP contribution is -2.01. The third-order valence-corrected chi connectivity index (χ3v) is 3.58. The highest BCUT2D eigenvalue weighted by Crippen LogP contribution is 2.33. The zero-order valence-corrected chi connectivity index (χ0v) is 12.7. The van der Waals surface area contributed by atoms with Crippen LogP contribution < -0.4 is 9.47 Å². The molecule has 0 aromatic heterocycles. The maximum absolute atomic E-state index is 11.0. The Morgan fingerprint density at radius 1 is 1.20 bits per heavy atom. The van der Waals surface area contributed by atoms with Crippen molar-refractivity contribution in [3.8, 4) is 11.5 Å². The lowest BCUT2D eigenvalue weighted by atomic mass is 10.1. The van der Waals surface area contributed by atoms with Crippen LogP contribution in [0.4, 0.5) is 0 Å². The van der Waals surface area contributed by atoms with Gasteiger partial charge in [-0.2, -0.15) is 0 Å². The standard InChI is InChI=1S/C16H15BrO3/c1-19-13-7-8-14(15(17)10-18)16(9-13)20-11-12-5-3-2-4-6-12/h2-10,15H,11H2,1H3. The second kappa shape index (κ2) is 7.10. The molecule has 0 aliphatic heterocycles. The van der Waals surface area contributed by atoms with Gasteiger partial charge in [0.05, 0.1) is 11.9 Å². The van der Waals surface area contributed by atoms with Gasteiger partial charge in [-0.25, -0.2) is 0 Å². The molecule has 3 nitrogen and oxygen atoms in total. The lowest BCUT2D eigenvalue weighted by molar-refractivity contribution is -0.107. The summed E-state index contributed by atoms with van der Waals surface area (Å²) in [6.45, 7) is 0.444. The number of rotatable bonds is 6. The molecule has 0 aliphatic carbocycles. The molecule has 0 heterocycles. The summed E-state index contributed by atoms with van der Waals surface area (Å²) in [5.74, 6) is 1.34. The predicted octanol–water partition coefficient (Wildman–Crippen LogP) is 3.91. The Labute approximate surface area is 126 Å². The summed E-state index contributed by atoms with van der Waals surface area (Å²) >= 11 is 3.32. The number of ether oxygens (including phenoxy) is 2. The number of carbonyl (C=O) groups is 1. The molecule has 2 aromatic rings. The molecule has 0 spiro atoms. The Morgan fingerprint density at radius 3 is 2.60 bits per heavy atom. The van der Waals surface area contributed by atoms with Crippen LogP contribution in [0.5, 0.6) is 11.5 Å². The van der Waals surface area contributed by atoms with E-state index in [0.717, 1.165) is 17.4 Å². The lowest BCUT2D eigenvalue weighted by Gasteiger charge is -2.14. The van der Waals surface area contributed by atoms with Gasteiger partial charge in [0.2, 0.25) is 0 Å². The van der Waals surface area contributed by atoms with Gasteiger partial charge < -0.3 is 14.3 Å². The van der Waals surface area contributed by atoms with E-state index in [0.29, 0.717) is 18.1 Å². The SMILES string of the molecule is COc1ccc(C(Br)C=O)c(OCc2ccccc2)c1. The topological polar surface area (TPSA) is 35.5 Å². The second-order valence-corrected chi connectivity index (χ2v) is 5.20. The van der Waals surface area contributed by atoms with Gasteiger partial charge in [-0.1, -0.05) is 52.3 Å². The smallest absolute Gasteiger partial charge is 0.138 e. The predicted molar refractivity (Wildman–Crippen MR) is 81.5 cm³/mol. The van der Waals surface area contributed by atoms with E-state index in [9.17, 15) is 4.79 Å². The average molecular weight is 335 g/mol. The monoisotopic (exact) mass is 334 g/mol. The van der Waals surface area contributed by atoms with Gasteiger partial charge in [-0.3, -0.25) is 0 Å². The van der Waals surface area contributed by atoms with Crippen molar-refractivity contribution in [2.24, 2.45) is 0 Å². The zero-order valence-electron chi connectivity index (χ0n) is 11.1. The molecular weight excluding hydrogens is 320 g/mol. The zero-order chi connectivity index (χ0) is 14.4. The van der Waals surface area contributed by atoms with Crippen molar-refractivity contribution in [2.75, 3.05) is 7.11 Å². The number of hydrogen-bond acceptors (Lipinski definition) is 3. The minimum atomic E-state index is -0.390. The molecule has 0 radical (unpaired) electrons. The van der Waals surface area contributed by atoms with E-state index in [1.807, 2.05) is 42.5 Å². The number of halogens is 1. The van der Waals surface area contributed by atoms with Crippen LogP contribution in [0, 0.1) is 0 Å². The highest BCUT2D eigenvalue weighted by molar-refractivity contribution is 9.09. The Hall–Kier alpha value is -1.81. The molecule has 0 saturated carbocycles. The third-order valence-electron chi connectivity index (χ3n) is 2.87. The van der Waals surface area contributed by atoms with E-state index >= 15 is 0 Å². The first-order valence-electron chi connectivity index (χ1n) is 6.18. The Kier molecular flexibility index (Phi) is 5.18. The summed E-state index contributed by atoms with van der Waals surface area (Å²) in [5, 5.41) is 0. The summed E-state index contributed by atoms with van der Waals surface area (Å²) in [5.41, 5.74) is 1.86. The largest absolute Gasteiger partial charge is 0.497 e.